The molecule has 11 heteroatoms. The van der Waals surface area contributed by atoms with Crippen LogP contribution in [-0.4, -0.2) is 26.3 Å². The van der Waals surface area contributed by atoms with Gasteiger partial charge in [-0.25, -0.2) is 13.1 Å². The number of halogens is 3. The molecule has 3 N–H and O–H groups in total. The monoisotopic (exact) mass is 467 g/mol. The maximum absolute atomic E-state index is 13.0. The molecule has 0 atom stereocenters. The van der Waals surface area contributed by atoms with Crippen LogP contribution in [0.5, 0.6) is 0 Å². The molecular formula is C21H20F3N3O4S. The van der Waals surface area contributed by atoms with Crippen molar-refractivity contribution in [3.05, 3.63) is 59.7 Å². The second-order valence-corrected chi connectivity index (χ2v) is 8.94. The van der Waals surface area contributed by atoms with Crippen LogP contribution in [0.3, 0.4) is 0 Å². The van der Waals surface area contributed by atoms with Crippen molar-refractivity contribution < 1.29 is 31.2 Å². The minimum Gasteiger partial charge on any atom is -0.325 e. The smallest absolute Gasteiger partial charge is 0.325 e. The number of amides is 2. The van der Waals surface area contributed by atoms with Crippen molar-refractivity contribution in [1.29, 1.82) is 0 Å². The fourth-order valence-corrected chi connectivity index (χ4v) is 4.02. The van der Waals surface area contributed by atoms with Crippen molar-refractivity contribution in [2.75, 3.05) is 10.6 Å². The standard InChI is InChI=1S/C21H20F3N3O4S/c1-13(28)25-18-10-5-15(21(22,23)24)12-19(18)26-20(29)11-4-14-2-8-17(9-3-14)32(30,31)27-16-6-7-16/h2-5,8-12,16,27H,6-7H2,1H3,(H,25,28)(H,26,29)/b11-4+. The molecule has 0 heterocycles. The van der Waals surface area contributed by atoms with Gasteiger partial charge in [0.1, 0.15) is 0 Å². The zero-order valence-electron chi connectivity index (χ0n) is 16.9. The summed E-state index contributed by atoms with van der Waals surface area (Å²) in [6, 6.07) is 8.33. The fraction of sp³-hybridized carbons (Fsp3) is 0.238. The van der Waals surface area contributed by atoms with Crippen molar-refractivity contribution in [1.82, 2.24) is 4.72 Å². The van der Waals surface area contributed by atoms with E-state index >= 15 is 0 Å². The Morgan fingerprint density at radius 2 is 1.66 bits per heavy atom. The van der Waals surface area contributed by atoms with Crippen LogP contribution in [0.2, 0.25) is 0 Å². The van der Waals surface area contributed by atoms with E-state index in [1.807, 2.05) is 0 Å². The van der Waals surface area contributed by atoms with Crippen LogP contribution in [0.25, 0.3) is 6.08 Å². The Labute approximate surface area is 182 Å². The molecule has 0 bridgehead atoms. The lowest BCUT2D eigenvalue weighted by Gasteiger charge is -2.14. The summed E-state index contributed by atoms with van der Waals surface area (Å²) in [6.45, 7) is 1.19. The molecule has 1 saturated carbocycles. The predicted molar refractivity (Wildman–Crippen MR) is 113 cm³/mol. The van der Waals surface area contributed by atoms with E-state index in [4.69, 9.17) is 0 Å². The van der Waals surface area contributed by atoms with Crippen molar-refractivity contribution in [2.24, 2.45) is 0 Å². The molecule has 0 aromatic heterocycles. The van der Waals surface area contributed by atoms with Crippen molar-refractivity contribution in [3.8, 4) is 0 Å². The van der Waals surface area contributed by atoms with Gasteiger partial charge >= 0.3 is 6.18 Å². The number of rotatable bonds is 7. The van der Waals surface area contributed by atoms with E-state index < -0.39 is 33.6 Å². The van der Waals surface area contributed by atoms with Gasteiger partial charge in [-0.15, -0.1) is 0 Å². The van der Waals surface area contributed by atoms with Crippen LogP contribution in [-0.2, 0) is 25.8 Å². The number of nitrogens with one attached hydrogen (secondary N) is 3. The lowest BCUT2D eigenvalue weighted by atomic mass is 10.1. The first-order valence-corrected chi connectivity index (χ1v) is 11.0. The normalized spacial score (nSPS) is 14.4. The third-order valence-electron chi connectivity index (χ3n) is 4.43. The van der Waals surface area contributed by atoms with E-state index in [0.29, 0.717) is 5.56 Å². The Hall–Kier alpha value is -3.18. The summed E-state index contributed by atoms with van der Waals surface area (Å²) in [5.41, 5.74) is -0.665. The number of hydrogen-bond acceptors (Lipinski definition) is 4. The second kappa shape index (κ2) is 9.13. The molecule has 7 nitrogen and oxygen atoms in total. The Balaban J connectivity index is 1.72. The van der Waals surface area contributed by atoms with Gasteiger partial charge < -0.3 is 10.6 Å². The molecular weight excluding hydrogens is 447 g/mol. The molecule has 0 saturated heterocycles. The van der Waals surface area contributed by atoms with Crippen LogP contribution >= 0.6 is 0 Å². The molecule has 32 heavy (non-hydrogen) atoms. The van der Waals surface area contributed by atoms with E-state index in [0.717, 1.165) is 37.1 Å². The summed E-state index contributed by atoms with van der Waals surface area (Å²) >= 11 is 0. The second-order valence-electron chi connectivity index (χ2n) is 7.23. The average Bonchev–Trinajstić information content (AvgIpc) is 3.50. The largest absolute Gasteiger partial charge is 0.416 e. The molecule has 0 radical (unpaired) electrons. The van der Waals surface area contributed by atoms with Crippen LogP contribution in [0.4, 0.5) is 24.5 Å². The number of sulfonamides is 1. The highest BCUT2D eigenvalue weighted by Gasteiger charge is 2.31. The van der Waals surface area contributed by atoms with E-state index in [-0.39, 0.29) is 22.3 Å². The summed E-state index contributed by atoms with van der Waals surface area (Å²) in [5.74, 6) is -1.25. The highest BCUT2D eigenvalue weighted by Crippen LogP contribution is 2.34. The van der Waals surface area contributed by atoms with E-state index in [9.17, 15) is 31.2 Å². The molecule has 3 rings (SSSR count). The molecule has 2 amide bonds. The molecule has 1 aliphatic carbocycles. The Morgan fingerprint density at radius 3 is 2.22 bits per heavy atom. The molecule has 0 spiro atoms. The van der Waals surface area contributed by atoms with E-state index in [2.05, 4.69) is 15.4 Å². The lowest BCUT2D eigenvalue weighted by Crippen LogP contribution is -2.25. The first kappa shape index (κ1) is 23.5. The Morgan fingerprint density at radius 1 is 1.00 bits per heavy atom. The van der Waals surface area contributed by atoms with Crippen LogP contribution < -0.4 is 15.4 Å². The highest BCUT2D eigenvalue weighted by atomic mass is 32.2. The quantitative estimate of drug-likeness (QED) is 0.540. The van der Waals surface area contributed by atoms with Crippen LogP contribution in [0.15, 0.2) is 53.4 Å². The van der Waals surface area contributed by atoms with Gasteiger partial charge in [0.2, 0.25) is 21.8 Å². The number of carbonyl (C=O) groups is 2. The molecule has 1 aliphatic rings. The zero-order valence-corrected chi connectivity index (χ0v) is 17.7. The number of alkyl halides is 3. The minimum atomic E-state index is -4.62. The van der Waals surface area contributed by atoms with Gasteiger partial charge in [-0.1, -0.05) is 12.1 Å². The fourth-order valence-electron chi connectivity index (χ4n) is 2.72. The van der Waals surface area contributed by atoms with Gasteiger partial charge in [-0.3, -0.25) is 9.59 Å². The van der Waals surface area contributed by atoms with Gasteiger partial charge in [0.05, 0.1) is 21.8 Å². The molecule has 2 aromatic rings. The van der Waals surface area contributed by atoms with Gasteiger partial charge in [-0.2, -0.15) is 13.2 Å². The van der Waals surface area contributed by atoms with E-state index in [1.54, 1.807) is 0 Å². The lowest BCUT2D eigenvalue weighted by molar-refractivity contribution is -0.137. The number of benzene rings is 2. The Bertz CT molecular complexity index is 1160. The minimum absolute atomic E-state index is 0.0185. The Kier molecular flexibility index (Phi) is 6.70. The van der Waals surface area contributed by atoms with Gasteiger partial charge in [0, 0.05) is 19.0 Å². The third-order valence-corrected chi connectivity index (χ3v) is 5.97. The van der Waals surface area contributed by atoms with Gasteiger partial charge in [-0.05, 0) is 54.8 Å². The summed E-state index contributed by atoms with van der Waals surface area (Å²) in [6.07, 6.45) is -0.536. The number of anilines is 2. The summed E-state index contributed by atoms with van der Waals surface area (Å²) < 4.78 is 65.9. The summed E-state index contributed by atoms with van der Waals surface area (Å²) in [4.78, 5) is 23.6. The first-order chi connectivity index (χ1) is 14.9. The van der Waals surface area contributed by atoms with Gasteiger partial charge in [0.15, 0.2) is 0 Å². The average molecular weight is 467 g/mol. The molecule has 0 aliphatic heterocycles. The maximum atomic E-state index is 13.0. The molecule has 2 aromatic carbocycles. The third kappa shape index (κ3) is 6.41. The van der Waals surface area contributed by atoms with Crippen molar-refractivity contribution in [3.63, 3.8) is 0 Å². The zero-order chi connectivity index (χ0) is 23.5. The van der Waals surface area contributed by atoms with Crippen LogP contribution in [0.1, 0.15) is 30.9 Å². The first-order valence-electron chi connectivity index (χ1n) is 9.54. The summed E-state index contributed by atoms with van der Waals surface area (Å²) in [5, 5.41) is 4.68. The molecule has 1 fully saturated rings. The molecule has 170 valence electrons. The topological polar surface area (TPSA) is 104 Å². The number of carbonyl (C=O) groups excluding carboxylic acids is 2. The summed E-state index contributed by atoms with van der Waals surface area (Å²) in [7, 11) is -3.60. The van der Waals surface area contributed by atoms with Crippen molar-refractivity contribution >= 4 is 39.3 Å². The highest BCUT2D eigenvalue weighted by molar-refractivity contribution is 7.89. The van der Waals surface area contributed by atoms with E-state index in [1.165, 1.54) is 37.3 Å². The van der Waals surface area contributed by atoms with Crippen LogP contribution in [0, 0.1) is 0 Å². The SMILES string of the molecule is CC(=O)Nc1ccc(C(F)(F)F)cc1NC(=O)/C=C/c1ccc(S(=O)(=O)NC2CC2)cc1. The van der Waals surface area contributed by atoms with Gasteiger partial charge in [0.25, 0.3) is 0 Å². The maximum Gasteiger partial charge on any atom is 0.416 e. The van der Waals surface area contributed by atoms with Crippen molar-refractivity contribution in [2.45, 2.75) is 36.9 Å². The molecule has 0 unspecified atom stereocenters. The predicted octanol–water partition coefficient (Wildman–Crippen LogP) is 3.76. The number of hydrogen-bond donors (Lipinski definition) is 3.